The van der Waals surface area contributed by atoms with Crippen molar-refractivity contribution in [1.82, 2.24) is 0 Å². The number of anilines is 2. The molecule has 0 atom stereocenters. The molecule has 0 bridgehead atoms. The number of esters is 1. The zero-order valence-electron chi connectivity index (χ0n) is 13.3. The molecule has 6 nitrogen and oxygen atoms in total. The molecule has 1 aliphatic rings. The number of hydrogen-bond donors (Lipinski definition) is 2. The molecule has 2 N–H and O–H groups in total. The molecule has 3 rings (SSSR count). The minimum Gasteiger partial charge on any atom is -0.490 e. The smallest absolute Gasteiger partial charge is 0.338 e. The summed E-state index contributed by atoms with van der Waals surface area (Å²) in [7, 11) is 0. The minimum atomic E-state index is -0.379. The van der Waals surface area contributed by atoms with E-state index in [1.807, 2.05) is 0 Å². The van der Waals surface area contributed by atoms with Crippen LogP contribution in [0.15, 0.2) is 42.5 Å². The van der Waals surface area contributed by atoms with Crippen molar-refractivity contribution in [1.29, 1.82) is 0 Å². The van der Waals surface area contributed by atoms with Crippen molar-refractivity contribution in [3.8, 4) is 5.75 Å². The second kappa shape index (κ2) is 7.04. The summed E-state index contributed by atoms with van der Waals surface area (Å²) in [6.45, 7) is 3.41. The maximum Gasteiger partial charge on any atom is 0.338 e. The number of hydrogen-bond acceptors (Lipinski definition) is 5. The van der Waals surface area contributed by atoms with Gasteiger partial charge in [-0.05, 0) is 49.4 Å². The molecule has 124 valence electrons. The molecule has 0 radical (unpaired) electrons. The third-order valence-electron chi connectivity index (χ3n) is 3.57. The molecule has 0 saturated heterocycles. The Morgan fingerprint density at radius 2 is 1.92 bits per heavy atom. The van der Waals surface area contributed by atoms with E-state index < -0.39 is 0 Å². The van der Waals surface area contributed by atoms with E-state index in [1.54, 1.807) is 49.4 Å². The van der Waals surface area contributed by atoms with Crippen molar-refractivity contribution in [3.05, 3.63) is 53.6 Å². The van der Waals surface area contributed by atoms with Crippen molar-refractivity contribution in [2.45, 2.75) is 6.92 Å². The van der Waals surface area contributed by atoms with E-state index in [2.05, 4.69) is 10.6 Å². The van der Waals surface area contributed by atoms with Gasteiger partial charge in [-0.15, -0.1) is 0 Å². The summed E-state index contributed by atoms with van der Waals surface area (Å²) in [4.78, 5) is 24.0. The van der Waals surface area contributed by atoms with Crippen LogP contribution in [0.4, 0.5) is 11.4 Å². The van der Waals surface area contributed by atoms with E-state index in [-0.39, 0.29) is 11.9 Å². The highest BCUT2D eigenvalue weighted by Crippen LogP contribution is 2.28. The van der Waals surface area contributed by atoms with Gasteiger partial charge < -0.3 is 20.1 Å². The minimum absolute atomic E-state index is 0.228. The van der Waals surface area contributed by atoms with Crippen LogP contribution in [0.1, 0.15) is 27.6 Å². The third kappa shape index (κ3) is 3.48. The lowest BCUT2D eigenvalue weighted by Crippen LogP contribution is -2.19. The van der Waals surface area contributed by atoms with Gasteiger partial charge in [0.25, 0.3) is 5.91 Å². The molecule has 2 aromatic carbocycles. The van der Waals surface area contributed by atoms with Crippen molar-refractivity contribution in [2.75, 3.05) is 30.4 Å². The lowest BCUT2D eigenvalue weighted by Gasteiger charge is -2.19. The molecule has 0 fully saturated rings. The Morgan fingerprint density at radius 3 is 2.67 bits per heavy atom. The van der Waals surface area contributed by atoms with Gasteiger partial charge in [-0.1, -0.05) is 0 Å². The Hall–Kier alpha value is -3.02. The molecule has 0 spiro atoms. The molecule has 0 saturated carbocycles. The molecule has 24 heavy (non-hydrogen) atoms. The van der Waals surface area contributed by atoms with Gasteiger partial charge in [-0.25, -0.2) is 4.79 Å². The Balaban J connectivity index is 1.69. The Kier molecular flexibility index (Phi) is 4.65. The number of amides is 1. The Morgan fingerprint density at radius 1 is 1.17 bits per heavy atom. The van der Waals surface area contributed by atoms with Gasteiger partial charge in [0.1, 0.15) is 12.4 Å². The van der Waals surface area contributed by atoms with Crippen molar-refractivity contribution >= 4 is 23.3 Å². The summed E-state index contributed by atoms with van der Waals surface area (Å²) < 4.78 is 10.4. The van der Waals surface area contributed by atoms with E-state index in [4.69, 9.17) is 9.47 Å². The third-order valence-corrected chi connectivity index (χ3v) is 3.57. The largest absolute Gasteiger partial charge is 0.490 e. The highest BCUT2D eigenvalue weighted by Gasteiger charge is 2.14. The predicted molar refractivity (Wildman–Crippen MR) is 90.8 cm³/mol. The number of carbonyl (C=O) groups excluding carboxylic acids is 2. The second-order valence-electron chi connectivity index (χ2n) is 5.24. The summed E-state index contributed by atoms with van der Waals surface area (Å²) >= 11 is 0. The maximum absolute atomic E-state index is 12.3. The van der Waals surface area contributed by atoms with Gasteiger partial charge in [0, 0.05) is 17.8 Å². The first-order valence-electron chi connectivity index (χ1n) is 7.76. The van der Waals surface area contributed by atoms with Crippen LogP contribution in [0.2, 0.25) is 0 Å². The van der Waals surface area contributed by atoms with Crippen LogP contribution in [-0.4, -0.2) is 31.6 Å². The fourth-order valence-corrected chi connectivity index (χ4v) is 2.39. The number of nitrogens with one attached hydrogen (secondary N) is 2. The van der Waals surface area contributed by atoms with Gasteiger partial charge in [-0.3, -0.25) is 4.79 Å². The van der Waals surface area contributed by atoms with Crippen LogP contribution in [0.3, 0.4) is 0 Å². The molecule has 0 aromatic heterocycles. The first-order valence-corrected chi connectivity index (χ1v) is 7.76. The number of benzene rings is 2. The fourth-order valence-electron chi connectivity index (χ4n) is 2.39. The van der Waals surface area contributed by atoms with Crippen molar-refractivity contribution in [2.24, 2.45) is 0 Å². The average Bonchev–Trinajstić information content (AvgIpc) is 2.62. The highest BCUT2D eigenvalue weighted by atomic mass is 16.5. The molecule has 0 aliphatic carbocycles. The Bertz CT molecular complexity index is 756. The number of carbonyl (C=O) groups is 2. The standard InChI is InChI=1S/C18H18N2O4/c1-2-23-18(22)12-3-6-14(7-4-12)20-17(21)13-5-8-16-15(11-13)19-9-10-24-16/h3-8,11,19H,2,9-10H2,1H3,(H,20,21). The van der Waals surface area contributed by atoms with Gasteiger partial charge in [0.05, 0.1) is 17.9 Å². The van der Waals surface area contributed by atoms with Crippen LogP contribution in [-0.2, 0) is 4.74 Å². The summed E-state index contributed by atoms with van der Waals surface area (Å²) in [6, 6.07) is 11.8. The molecule has 1 aliphatic heterocycles. The molecule has 2 aromatic rings. The van der Waals surface area contributed by atoms with E-state index in [0.717, 1.165) is 11.4 Å². The zero-order valence-corrected chi connectivity index (χ0v) is 13.3. The number of rotatable bonds is 4. The summed E-state index contributed by atoms with van der Waals surface area (Å²) in [5, 5.41) is 6.00. The summed E-state index contributed by atoms with van der Waals surface area (Å²) in [5.74, 6) is 0.141. The lowest BCUT2D eigenvalue weighted by atomic mass is 10.1. The SMILES string of the molecule is CCOC(=O)c1ccc(NC(=O)c2ccc3c(c2)NCCO3)cc1. The van der Waals surface area contributed by atoms with Gasteiger partial charge in [0.15, 0.2) is 0 Å². The zero-order chi connectivity index (χ0) is 16.9. The van der Waals surface area contributed by atoms with E-state index in [0.29, 0.717) is 36.6 Å². The lowest BCUT2D eigenvalue weighted by molar-refractivity contribution is 0.0526. The summed E-state index contributed by atoms with van der Waals surface area (Å²) in [5.41, 5.74) is 2.40. The fraction of sp³-hybridized carbons (Fsp3) is 0.222. The summed E-state index contributed by atoms with van der Waals surface area (Å²) in [6.07, 6.45) is 0. The van der Waals surface area contributed by atoms with E-state index >= 15 is 0 Å². The molecule has 0 unspecified atom stereocenters. The predicted octanol–water partition coefficient (Wildman–Crippen LogP) is 2.92. The van der Waals surface area contributed by atoms with Gasteiger partial charge >= 0.3 is 5.97 Å². The number of fused-ring (bicyclic) bond motifs is 1. The van der Waals surface area contributed by atoms with E-state index in [1.165, 1.54) is 0 Å². The quantitative estimate of drug-likeness (QED) is 0.845. The van der Waals surface area contributed by atoms with Gasteiger partial charge in [-0.2, -0.15) is 0 Å². The Labute approximate surface area is 139 Å². The molecular weight excluding hydrogens is 308 g/mol. The molecule has 1 amide bonds. The van der Waals surface area contributed by atoms with E-state index in [9.17, 15) is 9.59 Å². The molecule has 1 heterocycles. The van der Waals surface area contributed by atoms with Crippen LogP contribution >= 0.6 is 0 Å². The molecular formula is C18H18N2O4. The first-order chi connectivity index (χ1) is 11.7. The topological polar surface area (TPSA) is 76.7 Å². The normalized spacial score (nSPS) is 12.4. The molecule has 6 heteroatoms. The van der Waals surface area contributed by atoms with Crippen LogP contribution in [0, 0.1) is 0 Å². The monoisotopic (exact) mass is 326 g/mol. The van der Waals surface area contributed by atoms with Crippen LogP contribution in [0.25, 0.3) is 0 Å². The number of ether oxygens (including phenoxy) is 2. The second-order valence-corrected chi connectivity index (χ2v) is 5.24. The highest BCUT2D eigenvalue weighted by molar-refractivity contribution is 6.05. The maximum atomic E-state index is 12.3. The van der Waals surface area contributed by atoms with Gasteiger partial charge in [0.2, 0.25) is 0 Å². The average molecular weight is 326 g/mol. The first kappa shape index (κ1) is 15.9. The van der Waals surface area contributed by atoms with Crippen LogP contribution < -0.4 is 15.4 Å². The van der Waals surface area contributed by atoms with Crippen molar-refractivity contribution < 1.29 is 19.1 Å². The van der Waals surface area contributed by atoms with Crippen molar-refractivity contribution in [3.63, 3.8) is 0 Å². The van der Waals surface area contributed by atoms with Crippen LogP contribution in [0.5, 0.6) is 5.75 Å².